The highest BCUT2D eigenvalue weighted by Crippen LogP contribution is 2.15. The first-order valence-electron chi connectivity index (χ1n) is 4.36. The largest absolute Gasteiger partial charge is 0.322 e. The molecule has 3 heteroatoms. The number of rotatable bonds is 3. The Bertz CT molecular complexity index is 245. The Balaban J connectivity index is 2.77. The minimum atomic E-state index is -0.272. The number of aromatic nitrogens is 2. The Morgan fingerprint density at radius 3 is 2.67 bits per heavy atom. The molecule has 0 fully saturated rings. The smallest absolute Gasteiger partial charge is 0.0540 e. The van der Waals surface area contributed by atoms with Crippen LogP contribution in [0.5, 0.6) is 0 Å². The fraction of sp³-hybridized carbons (Fsp3) is 0.667. The molecule has 2 N–H and O–H groups in total. The Hall–Kier alpha value is -0.830. The third-order valence-corrected chi connectivity index (χ3v) is 1.83. The summed E-state index contributed by atoms with van der Waals surface area (Å²) in [5, 5.41) is 4.21. The lowest BCUT2D eigenvalue weighted by Crippen LogP contribution is -2.28. The van der Waals surface area contributed by atoms with E-state index in [1.54, 1.807) is 0 Å². The molecule has 0 spiro atoms. The fourth-order valence-corrected chi connectivity index (χ4v) is 1.05. The SMILES string of the molecule is CCCn1cc(C(C)(C)N)cn1. The summed E-state index contributed by atoms with van der Waals surface area (Å²) < 4.78 is 1.93. The van der Waals surface area contributed by atoms with Crippen molar-refractivity contribution in [3.05, 3.63) is 18.0 Å². The van der Waals surface area contributed by atoms with Crippen LogP contribution in [-0.2, 0) is 12.1 Å². The van der Waals surface area contributed by atoms with E-state index in [4.69, 9.17) is 5.73 Å². The molecule has 1 aromatic rings. The standard InChI is InChI=1S/C9H17N3/c1-4-5-12-7-8(6-11-12)9(2,3)10/h6-7H,4-5,10H2,1-3H3. The van der Waals surface area contributed by atoms with Crippen molar-refractivity contribution >= 4 is 0 Å². The summed E-state index contributed by atoms with van der Waals surface area (Å²) in [5.74, 6) is 0. The van der Waals surface area contributed by atoms with Crippen LogP contribution in [0.4, 0.5) is 0 Å². The van der Waals surface area contributed by atoms with Gasteiger partial charge in [-0.3, -0.25) is 4.68 Å². The van der Waals surface area contributed by atoms with E-state index in [2.05, 4.69) is 12.0 Å². The van der Waals surface area contributed by atoms with Gasteiger partial charge in [0.25, 0.3) is 0 Å². The average Bonchev–Trinajstić information content (AvgIpc) is 2.35. The molecule has 3 nitrogen and oxygen atoms in total. The van der Waals surface area contributed by atoms with Gasteiger partial charge in [0, 0.05) is 23.8 Å². The van der Waals surface area contributed by atoms with E-state index in [9.17, 15) is 0 Å². The van der Waals surface area contributed by atoms with Crippen LogP contribution >= 0.6 is 0 Å². The Morgan fingerprint density at radius 2 is 2.25 bits per heavy atom. The molecule has 0 aliphatic heterocycles. The van der Waals surface area contributed by atoms with Gasteiger partial charge in [0.2, 0.25) is 0 Å². The zero-order chi connectivity index (χ0) is 9.19. The van der Waals surface area contributed by atoms with Crippen LogP contribution in [0.3, 0.4) is 0 Å². The molecule has 0 atom stereocenters. The van der Waals surface area contributed by atoms with E-state index in [-0.39, 0.29) is 5.54 Å². The van der Waals surface area contributed by atoms with Crippen molar-refractivity contribution < 1.29 is 0 Å². The molecule has 0 unspecified atom stereocenters. The monoisotopic (exact) mass is 167 g/mol. The highest BCUT2D eigenvalue weighted by Gasteiger charge is 2.15. The van der Waals surface area contributed by atoms with Crippen molar-refractivity contribution in [2.75, 3.05) is 0 Å². The van der Waals surface area contributed by atoms with Crippen molar-refractivity contribution in [1.82, 2.24) is 9.78 Å². The first-order chi connectivity index (χ1) is 5.54. The first kappa shape index (κ1) is 9.26. The van der Waals surface area contributed by atoms with Crippen molar-refractivity contribution in [2.45, 2.75) is 39.3 Å². The van der Waals surface area contributed by atoms with Crippen LogP contribution in [-0.4, -0.2) is 9.78 Å². The maximum Gasteiger partial charge on any atom is 0.0540 e. The fourth-order valence-electron chi connectivity index (χ4n) is 1.05. The van der Waals surface area contributed by atoms with Gasteiger partial charge in [0.15, 0.2) is 0 Å². The number of hydrogen-bond acceptors (Lipinski definition) is 2. The molecule has 0 aromatic carbocycles. The topological polar surface area (TPSA) is 43.8 Å². The lowest BCUT2D eigenvalue weighted by Gasteiger charge is -2.15. The summed E-state index contributed by atoms with van der Waals surface area (Å²) >= 11 is 0. The van der Waals surface area contributed by atoms with Gasteiger partial charge in [-0.1, -0.05) is 6.92 Å². The molecular weight excluding hydrogens is 150 g/mol. The number of nitrogens with two attached hydrogens (primary N) is 1. The van der Waals surface area contributed by atoms with Crippen LogP contribution in [0.2, 0.25) is 0 Å². The van der Waals surface area contributed by atoms with Crippen molar-refractivity contribution in [2.24, 2.45) is 5.73 Å². The molecule has 1 aromatic heterocycles. The molecule has 12 heavy (non-hydrogen) atoms. The summed E-state index contributed by atoms with van der Waals surface area (Å²) in [6, 6.07) is 0. The van der Waals surface area contributed by atoms with E-state index in [1.165, 1.54) is 0 Å². The third-order valence-electron chi connectivity index (χ3n) is 1.83. The van der Waals surface area contributed by atoms with E-state index >= 15 is 0 Å². The molecule has 0 saturated carbocycles. The zero-order valence-electron chi connectivity index (χ0n) is 8.04. The third kappa shape index (κ3) is 2.08. The quantitative estimate of drug-likeness (QED) is 0.741. The molecule has 0 radical (unpaired) electrons. The highest BCUT2D eigenvalue weighted by atomic mass is 15.3. The van der Waals surface area contributed by atoms with Gasteiger partial charge in [-0.15, -0.1) is 0 Å². The normalized spacial score (nSPS) is 12.0. The highest BCUT2D eigenvalue weighted by molar-refractivity contribution is 5.14. The predicted molar refractivity (Wildman–Crippen MR) is 49.7 cm³/mol. The lowest BCUT2D eigenvalue weighted by atomic mass is 10.00. The van der Waals surface area contributed by atoms with Crippen LogP contribution in [0.1, 0.15) is 32.8 Å². The maximum absolute atomic E-state index is 5.91. The van der Waals surface area contributed by atoms with Gasteiger partial charge >= 0.3 is 0 Å². The van der Waals surface area contributed by atoms with E-state index in [1.807, 2.05) is 30.9 Å². The first-order valence-corrected chi connectivity index (χ1v) is 4.36. The second-order valence-corrected chi connectivity index (χ2v) is 3.71. The van der Waals surface area contributed by atoms with Crippen LogP contribution in [0.15, 0.2) is 12.4 Å². The van der Waals surface area contributed by atoms with Gasteiger partial charge < -0.3 is 5.73 Å². The predicted octanol–water partition coefficient (Wildman–Crippen LogP) is 1.49. The average molecular weight is 167 g/mol. The molecular formula is C9H17N3. The molecule has 1 rings (SSSR count). The summed E-state index contributed by atoms with van der Waals surface area (Å²) in [5.41, 5.74) is 6.73. The van der Waals surface area contributed by atoms with Gasteiger partial charge in [-0.2, -0.15) is 5.10 Å². The van der Waals surface area contributed by atoms with Crippen LogP contribution < -0.4 is 5.73 Å². The van der Waals surface area contributed by atoms with Gasteiger partial charge in [-0.05, 0) is 20.3 Å². The number of nitrogens with zero attached hydrogens (tertiary/aromatic N) is 2. The summed E-state index contributed by atoms with van der Waals surface area (Å²) in [7, 11) is 0. The molecule has 0 aliphatic carbocycles. The van der Waals surface area contributed by atoms with E-state index in [0.29, 0.717) is 0 Å². The Kier molecular flexibility index (Phi) is 2.52. The Morgan fingerprint density at radius 1 is 1.58 bits per heavy atom. The lowest BCUT2D eigenvalue weighted by molar-refractivity contribution is 0.550. The van der Waals surface area contributed by atoms with E-state index < -0.39 is 0 Å². The maximum atomic E-state index is 5.91. The van der Waals surface area contributed by atoms with Crippen molar-refractivity contribution in [3.63, 3.8) is 0 Å². The van der Waals surface area contributed by atoms with Crippen molar-refractivity contribution in [1.29, 1.82) is 0 Å². The summed E-state index contributed by atoms with van der Waals surface area (Å²) in [4.78, 5) is 0. The van der Waals surface area contributed by atoms with Gasteiger partial charge in [0.05, 0.1) is 6.20 Å². The second kappa shape index (κ2) is 3.27. The Labute approximate surface area is 73.6 Å². The second-order valence-electron chi connectivity index (χ2n) is 3.71. The minimum absolute atomic E-state index is 0.272. The van der Waals surface area contributed by atoms with E-state index in [0.717, 1.165) is 18.5 Å². The van der Waals surface area contributed by atoms with Crippen LogP contribution in [0, 0.1) is 0 Å². The molecule has 0 saturated heterocycles. The molecule has 0 amide bonds. The molecule has 1 heterocycles. The van der Waals surface area contributed by atoms with Gasteiger partial charge in [-0.25, -0.2) is 0 Å². The number of hydrogen-bond donors (Lipinski definition) is 1. The van der Waals surface area contributed by atoms with Crippen LogP contribution in [0.25, 0.3) is 0 Å². The molecule has 68 valence electrons. The molecule has 0 aliphatic rings. The molecule has 0 bridgehead atoms. The minimum Gasteiger partial charge on any atom is -0.322 e. The summed E-state index contributed by atoms with van der Waals surface area (Å²) in [6.45, 7) is 7.08. The zero-order valence-corrected chi connectivity index (χ0v) is 8.04. The number of aryl methyl sites for hydroxylation is 1. The summed E-state index contributed by atoms with van der Waals surface area (Å²) in [6.07, 6.45) is 4.96. The van der Waals surface area contributed by atoms with Crippen molar-refractivity contribution in [3.8, 4) is 0 Å². The van der Waals surface area contributed by atoms with Gasteiger partial charge in [0.1, 0.15) is 0 Å².